The molecule has 0 saturated carbocycles. The molecule has 1 unspecified atom stereocenters. The van der Waals surface area contributed by atoms with Crippen LogP contribution in [0.15, 0.2) is 24.3 Å². The molecule has 2 saturated heterocycles. The summed E-state index contributed by atoms with van der Waals surface area (Å²) in [4.78, 5) is 14.6. The number of amides is 1. The highest BCUT2D eigenvalue weighted by atomic mass is 16.5. The third kappa shape index (κ3) is 3.42. The quantitative estimate of drug-likeness (QED) is 0.720. The zero-order valence-electron chi connectivity index (χ0n) is 14.6. The van der Waals surface area contributed by atoms with Gasteiger partial charge in [-0.05, 0) is 50.8 Å². The molecule has 2 aliphatic heterocycles. The average Bonchev–Trinajstić information content (AvgIpc) is 2.98. The number of hydrogen-bond donors (Lipinski definition) is 0. The van der Waals surface area contributed by atoms with E-state index in [1.807, 2.05) is 43.0 Å². The Morgan fingerprint density at radius 1 is 1.33 bits per heavy atom. The summed E-state index contributed by atoms with van der Waals surface area (Å²) < 4.78 is 17.0. The van der Waals surface area contributed by atoms with Crippen LogP contribution in [-0.2, 0) is 9.47 Å². The maximum atomic E-state index is 12.7. The summed E-state index contributed by atoms with van der Waals surface area (Å²) in [7, 11) is 0. The molecule has 2 heterocycles. The van der Waals surface area contributed by atoms with E-state index in [0.29, 0.717) is 31.2 Å². The number of carbonyl (C=O) groups is 1. The van der Waals surface area contributed by atoms with Gasteiger partial charge in [0.05, 0.1) is 19.7 Å². The van der Waals surface area contributed by atoms with Crippen LogP contribution < -0.4 is 4.74 Å². The van der Waals surface area contributed by atoms with Gasteiger partial charge in [-0.15, -0.1) is 0 Å². The second-order valence-corrected chi connectivity index (χ2v) is 6.51. The lowest BCUT2D eigenvalue weighted by molar-refractivity contribution is -0.120. The molecule has 3 rings (SSSR count). The molecular formula is C19H27NO4. The van der Waals surface area contributed by atoms with Gasteiger partial charge < -0.3 is 19.1 Å². The summed E-state index contributed by atoms with van der Waals surface area (Å²) in [5.74, 6) is 1.29. The van der Waals surface area contributed by atoms with Crippen LogP contribution in [0.2, 0.25) is 0 Å². The summed E-state index contributed by atoms with van der Waals surface area (Å²) in [5, 5.41) is 0. The Morgan fingerprint density at radius 3 is 2.92 bits per heavy atom. The maximum absolute atomic E-state index is 12.7. The highest BCUT2D eigenvalue weighted by molar-refractivity contribution is 5.95. The fraction of sp³-hybridized carbons (Fsp3) is 0.632. The van der Waals surface area contributed by atoms with E-state index in [2.05, 4.69) is 0 Å². The topological polar surface area (TPSA) is 48.0 Å². The summed E-state index contributed by atoms with van der Waals surface area (Å²) in [5.41, 5.74) is 0.532. The summed E-state index contributed by atoms with van der Waals surface area (Å²) in [6.45, 7) is 8.23. The molecule has 1 atom stereocenters. The highest BCUT2D eigenvalue weighted by Gasteiger charge is 2.54. The SMILES string of the molecule is CCOCCC1CCOC12CN(C(=O)c1cccc(OCC)c1)C2. The van der Waals surface area contributed by atoms with E-state index in [0.717, 1.165) is 38.4 Å². The van der Waals surface area contributed by atoms with E-state index in [1.54, 1.807) is 0 Å². The summed E-state index contributed by atoms with van der Waals surface area (Å²) >= 11 is 0. The molecule has 0 N–H and O–H groups in total. The Bertz CT molecular complexity index is 568. The molecule has 0 aromatic heterocycles. The smallest absolute Gasteiger partial charge is 0.254 e. The second kappa shape index (κ2) is 7.53. The Morgan fingerprint density at radius 2 is 2.17 bits per heavy atom. The lowest BCUT2D eigenvalue weighted by Gasteiger charge is -2.50. The van der Waals surface area contributed by atoms with Crippen molar-refractivity contribution in [3.8, 4) is 5.75 Å². The summed E-state index contributed by atoms with van der Waals surface area (Å²) in [6, 6.07) is 7.41. The van der Waals surface area contributed by atoms with Gasteiger partial charge in [0.1, 0.15) is 11.4 Å². The first kappa shape index (κ1) is 17.2. The first-order valence-corrected chi connectivity index (χ1v) is 8.92. The van der Waals surface area contributed by atoms with E-state index in [1.165, 1.54) is 0 Å². The van der Waals surface area contributed by atoms with Crippen molar-refractivity contribution in [1.82, 2.24) is 4.90 Å². The van der Waals surface area contributed by atoms with Crippen molar-refractivity contribution < 1.29 is 19.0 Å². The first-order chi connectivity index (χ1) is 11.7. The molecule has 0 radical (unpaired) electrons. The van der Waals surface area contributed by atoms with Gasteiger partial charge in [0.25, 0.3) is 5.91 Å². The zero-order chi connectivity index (χ0) is 17.0. The molecule has 2 aliphatic rings. The van der Waals surface area contributed by atoms with Crippen molar-refractivity contribution >= 4 is 5.91 Å². The van der Waals surface area contributed by atoms with E-state index in [9.17, 15) is 4.79 Å². The van der Waals surface area contributed by atoms with Crippen LogP contribution in [0.1, 0.15) is 37.0 Å². The molecule has 2 fully saturated rings. The molecule has 1 aromatic rings. The van der Waals surface area contributed by atoms with Gasteiger partial charge in [-0.3, -0.25) is 4.79 Å². The van der Waals surface area contributed by atoms with E-state index < -0.39 is 0 Å². The molecular weight excluding hydrogens is 306 g/mol. The minimum Gasteiger partial charge on any atom is -0.494 e. The molecule has 5 nitrogen and oxygen atoms in total. The second-order valence-electron chi connectivity index (χ2n) is 6.51. The molecule has 1 spiro atoms. The van der Waals surface area contributed by atoms with Crippen LogP contribution in [0, 0.1) is 5.92 Å². The number of nitrogens with zero attached hydrogens (tertiary/aromatic N) is 1. The first-order valence-electron chi connectivity index (χ1n) is 8.92. The predicted octanol–water partition coefficient (Wildman–Crippen LogP) is 2.74. The number of hydrogen-bond acceptors (Lipinski definition) is 4. The van der Waals surface area contributed by atoms with Gasteiger partial charge in [-0.2, -0.15) is 0 Å². The number of ether oxygens (including phenoxy) is 3. The molecule has 24 heavy (non-hydrogen) atoms. The molecule has 0 bridgehead atoms. The Balaban J connectivity index is 1.59. The Kier molecular flexibility index (Phi) is 5.41. The van der Waals surface area contributed by atoms with Crippen LogP contribution in [0.5, 0.6) is 5.75 Å². The van der Waals surface area contributed by atoms with Crippen LogP contribution >= 0.6 is 0 Å². The molecule has 1 amide bonds. The number of rotatable bonds is 7. The standard InChI is InChI=1S/C19H27NO4/c1-3-22-10-8-16-9-11-24-19(16)13-20(14-19)18(21)15-6-5-7-17(12-15)23-4-2/h5-7,12,16H,3-4,8-11,13-14H2,1-2H3. The van der Waals surface area contributed by atoms with Gasteiger partial charge in [0, 0.05) is 25.4 Å². The lowest BCUT2D eigenvalue weighted by Crippen LogP contribution is -2.66. The highest BCUT2D eigenvalue weighted by Crippen LogP contribution is 2.42. The van der Waals surface area contributed by atoms with Crippen LogP contribution in [0.4, 0.5) is 0 Å². The van der Waals surface area contributed by atoms with Gasteiger partial charge in [0.15, 0.2) is 0 Å². The predicted molar refractivity (Wildman–Crippen MR) is 91.4 cm³/mol. The number of benzene rings is 1. The third-order valence-electron chi connectivity index (χ3n) is 5.01. The monoisotopic (exact) mass is 333 g/mol. The fourth-order valence-corrected chi connectivity index (χ4v) is 3.72. The summed E-state index contributed by atoms with van der Waals surface area (Å²) in [6.07, 6.45) is 2.07. The molecule has 0 aliphatic carbocycles. The average molecular weight is 333 g/mol. The van der Waals surface area contributed by atoms with Crippen LogP contribution in [-0.4, -0.2) is 55.9 Å². The molecule has 1 aromatic carbocycles. The van der Waals surface area contributed by atoms with Crippen molar-refractivity contribution in [2.75, 3.05) is 39.5 Å². The van der Waals surface area contributed by atoms with Crippen molar-refractivity contribution in [2.24, 2.45) is 5.92 Å². The van der Waals surface area contributed by atoms with Crippen molar-refractivity contribution in [3.05, 3.63) is 29.8 Å². The van der Waals surface area contributed by atoms with Crippen molar-refractivity contribution in [3.63, 3.8) is 0 Å². The van der Waals surface area contributed by atoms with Gasteiger partial charge >= 0.3 is 0 Å². The van der Waals surface area contributed by atoms with Crippen LogP contribution in [0.25, 0.3) is 0 Å². The van der Waals surface area contributed by atoms with Crippen molar-refractivity contribution in [1.29, 1.82) is 0 Å². The maximum Gasteiger partial charge on any atom is 0.254 e. The largest absolute Gasteiger partial charge is 0.494 e. The fourth-order valence-electron chi connectivity index (χ4n) is 3.72. The third-order valence-corrected chi connectivity index (χ3v) is 5.01. The molecule has 5 heteroatoms. The van der Waals surface area contributed by atoms with E-state index in [4.69, 9.17) is 14.2 Å². The van der Waals surface area contributed by atoms with Gasteiger partial charge in [-0.25, -0.2) is 0 Å². The van der Waals surface area contributed by atoms with Gasteiger partial charge in [-0.1, -0.05) is 6.07 Å². The van der Waals surface area contributed by atoms with E-state index in [-0.39, 0.29) is 11.5 Å². The minimum atomic E-state index is -0.149. The Labute approximate surface area is 143 Å². The van der Waals surface area contributed by atoms with Crippen LogP contribution in [0.3, 0.4) is 0 Å². The minimum absolute atomic E-state index is 0.0567. The zero-order valence-corrected chi connectivity index (χ0v) is 14.6. The molecule has 132 valence electrons. The Hall–Kier alpha value is -1.59. The lowest BCUT2D eigenvalue weighted by atomic mass is 9.79. The van der Waals surface area contributed by atoms with Crippen molar-refractivity contribution in [2.45, 2.75) is 32.3 Å². The number of carbonyl (C=O) groups excluding carboxylic acids is 1. The van der Waals surface area contributed by atoms with E-state index >= 15 is 0 Å². The number of likely N-dealkylation sites (tertiary alicyclic amines) is 1. The normalized spacial score (nSPS) is 21.8. The van der Waals surface area contributed by atoms with Gasteiger partial charge in [0.2, 0.25) is 0 Å².